The quantitative estimate of drug-likeness (QED) is 0.365. The summed E-state index contributed by atoms with van der Waals surface area (Å²) in [5.41, 5.74) is 0. The Kier molecular flexibility index (Phi) is 1.10. The highest BCUT2D eigenvalue weighted by molar-refractivity contribution is 6.15. The van der Waals surface area contributed by atoms with Crippen LogP contribution < -0.4 is 11.7 Å². The van der Waals surface area contributed by atoms with E-state index in [-0.39, 0.29) is 0 Å². The van der Waals surface area contributed by atoms with Crippen LogP contribution >= 0.6 is 0 Å². The Hall–Kier alpha value is -1.14. The molecule has 0 aliphatic carbocycles. The first-order chi connectivity index (χ1) is 3.80. The van der Waals surface area contributed by atoms with Gasteiger partial charge in [0.1, 0.15) is 0 Å². The van der Waals surface area contributed by atoms with Crippen LogP contribution in [0.25, 0.3) is 0 Å². The zero-order valence-corrected chi connectivity index (χ0v) is 4.10. The maximum atomic E-state index is 5.10. The normalized spacial score (nSPS) is 17.8. The lowest BCUT2D eigenvalue weighted by Gasteiger charge is -2.20. The van der Waals surface area contributed by atoms with Crippen LogP contribution in [0.15, 0.2) is 10.2 Å². The average molecular weight is 114 g/mol. The van der Waals surface area contributed by atoms with Gasteiger partial charge in [-0.1, -0.05) is 0 Å². The molecule has 0 aromatic rings. The van der Waals surface area contributed by atoms with Crippen molar-refractivity contribution in [3.63, 3.8) is 0 Å². The highest BCUT2D eigenvalue weighted by Crippen LogP contribution is 1.85. The molecule has 1 heterocycles. The predicted molar refractivity (Wildman–Crippen MR) is 29.0 cm³/mol. The van der Waals surface area contributed by atoms with Gasteiger partial charge in [-0.05, 0) is 0 Å². The number of hydrazone groups is 2. The molecule has 0 unspecified atom stereocenters. The number of hydrazine groups is 3. The molecule has 0 bridgehead atoms. The monoisotopic (exact) mass is 114 g/mol. The van der Waals surface area contributed by atoms with E-state index >= 15 is 0 Å². The van der Waals surface area contributed by atoms with Gasteiger partial charge in [0.15, 0.2) is 0 Å². The van der Waals surface area contributed by atoms with Gasteiger partial charge in [0.25, 0.3) is 0 Å². The number of nitrogens with zero attached hydrogens (tertiary/aromatic N) is 4. The molecule has 0 fully saturated rings. The van der Waals surface area contributed by atoms with Crippen LogP contribution in [-0.2, 0) is 0 Å². The van der Waals surface area contributed by atoms with E-state index in [1.807, 2.05) is 0 Å². The Bertz CT molecular complexity index is 110. The van der Waals surface area contributed by atoms with Crippen LogP contribution in [0.1, 0.15) is 0 Å². The molecule has 0 spiro atoms. The summed E-state index contributed by atoms with van der Waals surface area (Å²) in [5, 5.41) is 8.93. The van der Waals surface area contributed by atoms with Gasteiger partial charge in [-0.2, -0.15) is 0 Å². The molecule has 1 rings (SSSR count). The van der Waals surface area contributed by atoms with Crippen LogP contribution in [-0.4, -0.2) is 22.9 Å². The fourth-order valence-corrected chi connectivity index (χ4v) is 0.302. The van der Waals surface area contributed by atoms with E-state index in [1.165, 1.54) is 12.4 Å². The third-order valence-electron chi connectivity index (χ3n) is 0.647. The number of hydrogen-bond acceptors (Lipinski definition) is 6. The molecular formula is C2H6N6. The summed E-state index contributed by atoms with van der Waals surface area (Å²) < 4.78 is 0. The lowest BCUT2D eigenvalue weighted by Crippen LogP contribution is -2.46. The standard InChI is InChI=1S/C2H6N6/c3-7-5-1-2-6-8(7)4/h1-2H,3-4H2. The highest BCUT2D eigenvalue weighted by Gasteiger charge is 1.99. The van der Waals surface area contributed by atoms with Crippen molar-refractivity contribution in [2.24, 2.45) is 21.9 Å². The third kappa shape index (κ3) is 0.745. The van der Waals surface area contributed by atoms with Gasteiger partial charge >= 0.3 is 0 Å². The van der Waals surface area contributed by atoms with Crippen LogP contribution in [0.5, 0.6) is 0 Å². The van der Waals surface area contributed by atoms with Gasteiger partial charge in [-0.3, -0.25) is 0 Å². The minimum Gasteiger partial charge on any atom is -0.208 e. The molecule has 44 valence electrons. The summed E-state index contributed by atoms with van der Waals surface area (Å²) in [6, 6.07) is 0. The molecule has 4 N–H and O–H groups in total. The SMILES string of the molecule is NN1N=CC=NN1N. The van der Waals surface area contributed by atoms with Gasteiger partial charge in [0, 0.05) is 0 Å². The first-order valence-electron chi connectivity index (χ1n) is 1.97. The Morgan fingerprint density at radius 1 is 1.00 bits per heavy atom. The van der Waals surface area contributed by atoms with Crippen LogP contribution in [0.2, 0.25) is 0 Å². The summed E-state index contributed by atoms with van der Waals surface area (Å²) in [7, 11) is 0. The molecule has 0 amide bonds. The summed E-state index contributed by atoms with van der Waals surface area (Å²) >= 11 is 0. The Morgan fingerprint density at radius 3 is 1.62 bits per heavy atom. The Labute approximate surface area is 45.9 Å². The minimum absolute atomic E-state index is 0.917. The molecule has 0 radical (unpaired) electrons. The number of nitrogens with two attached hydrogens (primary N) is 2. The lowest BCUT2D eigenvalue weighted by atomic mass is 10.8. The number of hydrogen-bond donors (Lipinski definition) is 2. The van der Waals surface area contributed by atoms with Crippen molar-refractivity contribution in [1.82, 2.24) is 10.5 Å². The maximum absolute atomic E-state index is 5.10. The molecule has 0 aromatic carbocycles. The lowest BCUT2D eigenvalue weighted by molar-refractivity contribution is -0.0259. The zero-order valence-electron chi connectivity index (χ0n) is 4.10. The zero-order chi connectivity index (χ0) is 5.98. The molecule has 0 saturated carbocycles. The summed E-state index contributed by atoms with van der Waals surface area (Å²) in [4.78, 5) is 0. The van der Waals surface area contributed by atoms with Gasteiger partial charge in [-0.25, -0.2) is 11.7 Å². The number of rotatable bonds is 0. The van der Waals surface area contributed by atoms with Crippen molar-refractivity contribution in [3.8, 4) is 0 Å². The molecule has 0 saturated heterocycles. The maximum Gasteiger partial charge on any atom is 0.0710 e. The molecule has 0 atom stereocenters. The minimum atomic E-state index is 0.917. The average Bonchev–Trinajstić information content (AvgIpc) is 1.77. The Balaban J connectivity index is 2.59. The van der Waals surface area contributed by atoms with Crippen LogP contribution in [0.3, 0.4) is 0 Å². The molecule has 6 heteroatoms. The first-order valence-corrected chi connectivity index (χ1v) is 1.97. The van der Waals surface area contributed by atoms with E-state index in [4.69, 9.17) is 11.7 Å². The summed E-state index contributed by atoms with van der Waals surface area (Å²) in [5.74, 6) is 10.2. The van der Waals surface area contributed by atoms with E-state index in [0.29, 0.717) is 0 Å². The molecule has 6 nitrogen and oxygen atoms in total. The second kappa shape index (κ2) is 1.76. The van der Waals surface area contributed by atoms with E-state index < -0.39 is 0 Å². The topological polar surface area (TPSA) is 83.2 Å². The molecule has 8 heavy (non-hydrogen) atoms. The van der Waals surface area contributed by atoms with Crippen molar-refractivity contribution in [3.05, 3.63) is 0 Å². The van der Waals surface area contributed by atoms with Crippen molar-refractivity contribution in [1.29, 1.82) is 0 Å². The molecule has 1 aliphatic heterocycles. The molecule has 1 aliphatic rings. The van der Waals surface area contributed by atoms with Crippen molar-refractivity contribution >= 4 is 12.4 Å². The van der Waals surface area contributed by atoms with Crippen LogP contribution in [0.4, 0.5) is 0 Å². The van der Waals surface area contributed by atoms with Gasteiger partial charge in [-0.15, -0.1) is 20.7 Å². The second-order valence-electron chi connectivity index (χ2n) is 1.17. The summed E-state index contributed by atoms with van der Waals surface area (Å²) in [6.07, 6.45) is 2.87. The largest absolute Gasteiger partial charge is 0.208 e. The van der Waals surface area contributed by atoms with E-state index in [1.54, 1.807) is 0 Å². The fourth-order valence-electron chi connectivity index (χ4n) is 0.302. The summed E-state index contributed by atoms with van der Waals surface area (Å²) in [6.45, 7) is 0. The third-order valence-corrected chi connectivity index (χ3v) is 0.647. The van der Waals surface area contributed by atoms with E-state index in [9.17, 15) is 0 Å². The highest BCUT2D eigenvalue weighted by atomic mass is 16.0. The van der Waals surface area contributed by atoms with Crippen molar-refractivity contribution in [2.45, 2.75) is 0 Å². The Morgan fingerprint density at radius 2 is 1.38 bits per heavy atom. The van der Waals surface area contributed by atoms with E-state index in [2.05, 4.69) is 10.2 Å². The second-order valence-corrected chi connectivity index (χ2v) is 1.17. The van der Waals surface area contributed by atoms with Crippen molar-refractivity contribution in [2.75, 3.05) is 0 Å². The van der Waals surface area contributed by atoms with Gasteiger partial charge in [0.05, 0.1) is 12.4 Å². The molecular weight excluding hydrogens is 108 g/mol. The first kappa shape index (κ1) is 5.01. The molecule has 0 aromatic heterocycles. The van der Waals surface area contributed by atoms with Crippen LogP contribution in [0, 0.1) is 0 Å². The van der Waals surface area contributed by atoms with Gasteiger partial charge in [0.2, 0.25) is 0 Å². The van der Waals surface area contributed by atoms with Crippen molar-refractivity contribution < 1.29 is 0 Å². The fraction of sp³-hybridized carbons (Fsp3) is 0. The van der Waals surface area contributed by atoms with Gasteiger partial charge < -0.3 is 0 Å². The smallest absolute Gasteiger partial charge is 0.0710 e. The van der Waals surface area contributed by atoms with E-state index in [0.717, 1.165) is 10.5 Å². The predicted octanol–water partition coefficient (Wildman–Crippen LogP) is -1.76.